The summed E-state index contributed by atoms with van der Waals surface area (Å²) in [4.78, 5) is 10.9. The summed E-state index contributed by atoms with van der Waals surface area (Å²) in [5, 5.41) is 11.8. The molecule has 1 rings (SSSR count). The second-order valence-electron chi connectivity index (χ2n) is 5.50. The van der Waals surface area contributed by atoms with Crippen molar-refractivity contribution in [2.24, 2.45) is 5.92 Å². The fraction of sp³-hybridized carbons (Fsp3) is 0.533. The number of aliphatic hydroxyl groups is 1. The smallest absolute Gasteiger partial charge is 0.388 e. The Kier molecular flexibility index (Phi) is 5.78. The second-order valence-corrected chi connectivity index (χ2v) is 5.50. The molecular weight excluding hydrogens is 283 g/mol. The third-order valence-corrected chi connectivity index (χ3v) is 3.12. The van der Waals surface area contributed by atoms with Crippen molar-refractivity contribution in [1.29, 1.82) is 0 Å². The number of halogens is 3. The van der Waals surface area contributed by atoms with Crippen molar-refractivity contribution in [2.45, 2.75) is 45.5 Å². The predicted molar refractivity (Wildman–Crippen MR) is 73.5 cm³/mol. The van der Waals surface area contributed by atoms with Crippen LogP contribution in [0.4, 0.5) is 13.2 Å². The van der Waals surface area contributed by atoms with E-state index in [1.54, 1.807) is 24.3 Å². The normalized spacial score (nSPS) is 14.9. The number of aliphatic hydroxyl groups excluding tert-OH is 1. The molecule has 0 heterocycles. The minimum atomic E-state index is -4.89. The fourth-order valence-corrected chi connectivity index (χ4v) is 1.95. The number of alkyl halides is 3. The zero-order valence-electron chi connectivity index (χ0n) is 12.2. The number of benzene rings is 1. The van der Waals surface area contributed by atoms with Gasteiger partial charge in [-0.2, -0.15) is 13.2 Å². The van der Waals surface area contributed by atoms with Gasteiger partial charge in [0.25, 0.3) is 0 Å². The van der Waals surface area contributed by atoms with Crippen LogP contribution in [0.25, 0.3) is 0 Å². The summed E-state index contributed by atoms with van der Waals surface area (Å²) >= 11 is 0. The van der Waals surface area contributed by atoms with Crippen LogP contribution in [-0.4, -0.2) is 17.2 Å². The Morgan fingerprint density at radius 1 is 1.14 bits per heavy atom. The summed E-state index contributed by atoms with van der Waals surface area (Å²) in [6.07, 6.45) is -4.87. The van der Waals surface area contributed by atoms with Crippen LogP contribution in [0.1, 0.15) is 50.5 Å². The summed E-state index contributed by atoms with van der Waals surface area (Å²) < 4.78 is 36.5. The number of hydrogen-bond acceptors (Lipinski definition) is 2. The Labute approximate surface area is 122 Å². The maximum Gasteiger partial charge on any atom is 0.471 e. The molecule has 0 aliphatic heterocycles. The van der Waals surface area contributed by atoms with Gasteiger partial charge in [0.15, 0.2) is 0 Å². The van der Waals surface area contributed by atoms with Crippen LogP contribution in [0.2, 0.25) is 0 Å². The lowest BCUT2D eigenvalue weighted by Crippen LogP contribution is -2.38. The average Bonchev–Trinajstić information content (AvgIpc) is 2.36. The van der Waals surface area contributed by atoms with Gasteiger partial charge < -0.3 is 10.4 Å². The van der Waals surface area contributed by atoms with E-state index in [-0.39, 0.29) is 0 Å². The lowest BCUT2D eigenvalue weighted by atomic mass is 9.97. The number of hydrogen-bond donors (Lipinski definition) is 2. The summed E-state index contributed by atoms with van der Waals surface area (Å²) in [6, 6.07) is 5.80. The predicted octanol–water partition coefficient (Wildman–Crippen LogP) is 3.51. The van der Waals surface area contributed by atoms with Gasteiger partial charge in [-0.15, -0.1) is 0 Å². The molecule has 0 radical (unpaired) electrons. The monoisotopic (exact) mass is 303 g/mol. The molecule has 1 amide bonds. The molecule has 1 aromatic rings. The van der Waals surface area contributed by atoms with Crippen LogP contribution in [0, 0.1) is 5.92 Å². The molecule has 0 aliphatic carbocycles. The van der Waals surface area contributed by atoms with Crippen LogP contribution in [-0.2, 0) is 4.79 Å². The zero-order valence-corrected chi connectivity index (χ0v) is 12.2. The molecule has 0 bridgehead atoms. The quantitative estimate of drug-likeness (QED) is 0.874. The van der Waals surface area contributed by atoms with Gasteiger partial charge in [0, 0.05) is 0 Å². The number of nitrogens with one attached hydrogen (secondary N) is 1. The molecule has 0 saturated heterocycles. The first kappa shape index (κ1) is 17.5. The first-order valence-corrected chi connectivity index (χ1v) is 6.77. The zero-order chi connectivity index (χ0) is 16.2. The second kappa shape index (κ2) is 6.93. The maximum atomic E-state index is 12.2. The van der Waals surface area contributed by atoms with Crippen molar-refractivity contribution in [3.8, 4) is 0 Å². The van der Waals surface area contributed by atoms with Gasteiger partial charge >= 0.3 is 12.1 Å². The Morgan fingerprint density at radius 3 is 2.05 bits per heavy atom. The largest absolute Gasteiger partial charge is 0.471 e. The van der Waals surface area contributed by atoms with Gasteiger partial charge in [-0.1, -0.05) is 38.1 Å². The highest BCUT2D eigenvalue weighted by molar-refractivity contribution is 5.82. The van der Waals surface area contributed by atoms with E-state index in [9.17, 15) is 23.1 Å². The number of amides is 1. The highest BCUT2D eigenvalue weighted by atomic mass is 19.4. The number of carbonyl (C=O) groups is 1. The molecular formula is C15H20F3NO2. The summed E-state index contributed by atoms with van der Waals surface area (Å²) in [7, 11) is 0. The van der Waals surface area contributed by atoms with Crippen LogP contribution < -0.4 is 5.32 Å². The van der Waals surface area contributed by atoms with E-state index in [0.29, 0.717) is 23.5 Å². The standard InChI is InChI=1S/C15H20F3NO2/c1-9(2)8-13(20)12-6-4-11(5-7-12)10(3)19-14(21)15(16,17)18/h4-7,9-10,13,20H,8H2,1-3H3,(H,19,21)/t10-,13?/m0/s1. The van der Waals surface area contributed by atoms with Crippen LogP contribution in [0.5, 0.6) is 0 Å². The molecule has 0 saturated carbocycles. The number of rotatable bonds is 5. The van der Waals surface area contributed by atoms with Crippen molar-refractivity contribution >= 4 is 5.91 Å². The molecule has 0 fully saturated rings. The van der Waals surface area contributed by atoms with Crippen LogP contribution >= 0.6 is 0 Å². The molecule has 0 aliphatic rings. The van der Waals surface area contributed by atoms with Gasteiger partial charge in [-0.25, -0.2) is 0 Å². The highest BCUT2D eigenvalue weighted by Gasteiger charge is 2.39. The molecule has 3 nitrogen and oxygen atoms in total. The average molecular weight is 303 g/mol. The van der Waals surface area contributed by atoms with E-state index in [1.165, 1.54) is 6.92 Å². The Bertz CT molecular complexity index is 469. The van der Waals surface area contributed by atoms with Crippen molar-refractivity contribution in [1.82, 2.24) is 5.32 Å². The van der Waals surface area contributed by atoms with Gasteiger partial charge in [0.1, 0.15) is 0 Å². The molecule has 0 spiro atoms. The third-order valence-electron chi connectivity index (χ3n) is 3.12. The van der Waals surface area contributed by atoms with E-state index in [0.717, 1.165) is 0 Å². The minimum Gasteiger partial charge on any atom is -0.388 e. The van der Waals surface area contributed by atoms with E-state index in [4.69, 9.17) is 0 Å². The Hall–Kier alpha value is -1.56. The van der Waals surface area contributed by atoms with Gasteiger partial charge in [-0.05, 0) is 30.4 Å². The van der Waals surface area contributed by atoms with Gasteiger partial charge in [-0.3, -0.25) is 4.79 Å². The minimum absolute atomic E-state index is 0.338. The van der Waals surface area contributed by atoms with E-state index in [1.807, 2.05) is 19.2 Å². The van der Waals surface area contributed by atoms with Crippen LogP contribution in [0.15, 0.2) is 24.3 Å². The lowest BCUT2D eigenvalue weighted by Gasteiger charge is -2.17. The van der Waals surface area contributed by atoms with Gasteiger partial charge in [0.2, 0.25) is 0 Å². The van der Waals surface area contributed by atoms with Crippen molar-refractivity contribution in [2.75, 3.05) is 0 Å². The fourth-order valence-electron chi connectivity index (χ4n) is 1.95. The first-order chi connectivity index (χ1) is 9.61. The topological polar surface area (TPSA) is 49.3 Å². The molecule has 21 heavy (non-hydrogen) atoms. The molecule has 2 N–H and O–H groups in total. The number of carbonyl (C=O) groups excluding carboxylic acids is 1. The van der Waals surface area contributed by atoms with Crippen molar-refractivity contribution in [3.63, 3.8) is 0 Å². The molecule has 0 aromatic heterocycles. The molecule has 6 heteroatoms. The molecule has 1 unspecified atom stereocenters. The van der Waals surface area contributed by atoms with E-state index >= 15 is 0 Å². The molecule has 1 aromatic carbocycles. The van der Waals surface area contributed by atoms with Crippen molar-refractivity contribution < 1.29 is 23.1 Å². The van der Waals surface area contributed by atoms with Crippen molar-refractivity contribution in [3.05, 3.63) is 35.4 Å². The van der Waals surface area contributed by atoms with E-state index < -0.39 is 24.2 Å². The first-order valence-electron chi connectivity index (χ1n) is 6.77. The SMILES string of the molecule is CC(C)CC(O)c1ccc([C@H](C)NC(=O)C(F)(F)F)cc1. The molecule has 2 atom stereocenters. The van der Waals surface area contributed by atoms with E-state index in [2.05, 4.69) is 0 Å². The Balaban J connectivity index is 2.71. The Morgan fingerprint density at radius 2 is 1.62 bits per heavy atom. The summed E-state index contributed by atoms with van der Waals surface area (Å²) in [5.41, 5.74) is 1.26. The molecule has 118 valence electrons. The highest BCUT2D eigenvalue weighted by Crippen LogP contribution is 2.23. The lowest BCUT2D eigenvalue weighted by molar-refractivity contribution is -0.174. The van der Waals surface area contributed by atoms with Crippen LogP contribution in [0.3, 0.4) is 0 Å². The maximum absolute atomic E-state index is 12.2. The van der Waals surface area contributed by atoms with Gasteiger partial charge in [0.05, 0.1) is 12.1 Å². The summed E-state index contributed by atoms with van der Waals surface area (Å²) in [5.74, 6) is -1.62. The summed E-state index contributed by atoms with van der Waals surface area (Å²) in [6.45, 7) is 5.46. The third kappa shape index (κ3) is 5.38.